The second-order valence-corrected chi connectivity index (χ2v) is 5.18. The highest BCUT2D eigenvalue weighted by molar-refractivity contribution is 9.10. The predicted octanol–water partition coefficient (Wildman–Crippen LogP) is 3.34. The lowest BCUT2D eigenvalue weighted by atomic mass is 10.1. The number of carbonyl (C=O) groups is 1. The first kappa shape index (κ1) is 12.3. The van der Waals surface area contributed by atoms with Crippen LogP contribution >= 0.6 is 27.3 Å². The molecule has 88 valence electrons. The minimum Gasteiger partial charge on any atom is -0.481 e. The molecule has 2 aromatic rings. The molecule has 0 bridgehead atoms. The summed E-state index contributed by atoms with van der Waals surface area (Å²) in [5, 5.41) is 1.89. The van der Waals surface area contributed by atoms with Crippen molar-refractivity contribution in [1.29, 1.82) is 0 Å². The Balaban J connectivity index is 2.10. The van der Waals surface area contributed by atoms with Crippen LogP contribution in [0.25, 0.3) is 0 Å². The molecule has 0 saturated heterocycles. The molecule has 0 aliphatic rings. The summed E-state index contributed by atoms with van der Waals surface area (Å²) in [7, 11) is 1.57. The van der Waals surface area contributed by atoms with Crippen molar-refractivity contribution in [3.05, 3.63) is 44.7 Å². The van der Waals surface area contributed by atoms with Gasteiger partial charge in [0.15, 0.2) is 5.78 Å². The van der Waals surface area contributed by atoms with Gasteiger partial charge in [0.05, 0.1) is 12.0 Å². The van der Waals surface area contributed by atoms with Gasteiger partial charge in [-0.3, -0.25) is 4.79 Å². The van der Waals surface area contributed by atoms with Crippen LogP contribution in [0.4, 0.5) is 0 Å². The third-order valence-electron chi connectivity index (χ3n) is 2.24. The van der Waals surface area contributed by atoms with E-state index in [9.17, 15) is 4.79 Å². The van der Waals surface area contributed by atoms with E-state index in [0.717, 1.165) is 14.9 Å². The van der Waals surface area contributed by atoms with Crippen molar-refractivity contribution in [3.63, 3.8) is 0 Å². The van der Waals surface area contributed by atoms with Crippen molar-refractivity contribution in [3.8, 4) is 5.88 Å². The van der Waals surface area contributed by atoms with E-state index in [4.69, 9.17) is 4.74 Å². The van der Waals surface area contributed by atoms with Crippen molar-refractivity contribution in [2.45, 2.75) is 6.42 Å². The Morgan fingerprint density at radius 1 is 1.47 bits per heavy atom. The molecule has 0 aromatic carbocycles. The van der Waals surface area contributed by atoms with Crippen molar-refractivity contribution < 1.29 is 9.53 Å². The van der Waals surface area contributed by atoms with Crippen molar-refractivity contribution in [2.75, 3.05) is 7.11 Å². The molecule has 0 radical (unpaired) electrons. The van der Waals surface area contributed by atoms with Gasteiger partial charge >= 0.3 is 0 Å². The van der Waals surface area contributed by atoms with Gasteiger partial charge in [-0.25, -0.2) is 4.98 Å². The molecule has 3 nitrogen and oxygen atoms in total. The van der Waals surface area contributed by atoms with Crippen LogP contribution in [-0.2, 0) is 6.42 Å². The molecule has 5 heteroatoms. The Labute approximate surface area is 112 Å². The SMILES string of the molecule is COc1ccc(CC(=O)c2sccc2Br)cn1. The highest BCUT2D eigenvalue weighted by Gasteiger charge is 2.12. The number of pyridine rings is 1. The molecule has 0 aliphatic heterocycles. The number of methoxy groups -OCH3 is 1. The van der Waals surface area contributed by atoms with Crippen molar-refractivity contribution in [1.82, 2.24) is 4.98 Å². The van der Waals surface area contributed by atoms with E-state index in [0.29, 0.717) is 12.3 Å². The molecule has 0 amide bonds. The topological polar surface area (TPSA) is 39.2 Å². The van der Waals surface area contributed by atoms with Crippen LogP contribution in [0.1, 0.15) is 15.2 Å². The molecule has 0 atom stereocenters. The van der Waals surface area contributed by atoms with E-state index in [1.807, 2.05) is 17.5 Å². The number of carbonyl (C=O) groups excluding carboxylic acids is 1. The maximum atomic E-state index is 12.0. The number of hydrogen-bond acceptors (Lipinski definition) is 4. The van der Waals surface area contributed by atoms with E-state index >= 15 is 0 Å². The molecule has 2 heterocycles. The van der Waals surface area contributed by atoms with Gasteiger partial charge in [-0.15, -0.1) is 11.3 Å². The summed E-state index contributed by atoms with van der Waals surface area (Å²) in [5.41, 5.74) is 0.885. The van der Waals surface area contributed by atoms with E-state index in [1.54, 1.807) is 19.4 Å². The molecule has 2 rings (SSSR count). The average molecular weight is 312 g/mol. The number of aromatic nitrogens is 1. The molecule has 0 spiro atoms. The number of Topliss-reactive ketones (excluding diaryl/α,β-unsaturated/α-hetero) is 1. The molecule has 0 N–H and O–H groups in total. The van der Waals surface area contributed by atoms with E-state index < -0.39 is 0 Å². The van der Waals surface area contributed by atoms with E-state index in [1.165, 1.54) is 11.3 Å². The summed E-state index contributed by atoms with van der Waals surface area (Å²) in [6, 6.07) is 5.49. The van der Waals surface area contributed by atoms with Gasteiger partial charge in [-0.1, -0.05) is 6.07 Å². The summed E-state index contributed by atoms with van der Waals surface area (Å²) in [5.74, 6) is 0.650. The highest BCUT2D eigenvalue weighted by atomic mass is 79.9. The van der Waals surface area contributed by atoms with Gasteiger partial charge in [0, 0.05) is 23.2 Å². The third-order valence-corrected chi connectivity index (χ3v) is 4.12. The van der Waals surface area contributed by atoms with Crippen LogP contribution in [0.2, 0.25) is 0 Å². The summed E-state index contributed by atoms with van der Waals surface area (Å²) < 4.78 is 5.82. The Bertz CT molecular complexity index is 522. The van der Waals surface area contributed by atoms with Crippen LogP contribution in [0, 0.1) is 0 Å². The first-order valence-electron chi connectivity index (χ1n) is 4.96. The monoisotopic (exact) mass is 311 g/mol. The summed E-state index contributed by atoms with van der Waals surface area (Å²) in [4.78, 5) is 16.8. The summed E-state index contributed by atoms with van der Waals surface area (Å²) in [6.45, 7) is 0. The quantitative estimate of drug-likeness (QED) is 0.813. The molecule has 17 heavy (non-hydrogen) atoms. The van der Waals surface area contributed by atoms with E-state index in [2.05, 4.69) is 20.9 Å². The van der Waals surface area contributed by atoms with Gasteiger partial charge in [0.2, 0.25) is 5.88 Å². The summed E-state index contributed by atoms with van der Waals surface area (Å²) in [6.07, 6.45) is 2.02. The minimum absolute atomic E-state index is 0.0961. The highest BCUT2D eigenvalue weighted by Crippen LogP contribution is 2.24. The van der Waals surface area contributed by atoms with Crippen LogP contribution < -0.4 is 4.74 Å². The van der Waals surface area contributed by atoms with Gasteiger partial charge in [-0.2, -0.15) is 0 Å². The number of ether oxygens (including phenoxy) is 1. The zero-order valence-corrected chi connectivity index (χ0v) is 11.5. The Morgan fingerprint density at radius 2 is 2.29 bits per heavy atom. The largest absolute Gasteiger partial charge is 0.481 e. The normalized spacial score (nSPS) is 10.2. The van der Waals surface area contributed by atoms with Crippen LogP contribution in [0.5, 0.6) is 5.88 Å². The van der Waals surface area contributed by atoms with Gasteiger partial charge in [-0.05, 0) is 32.9 Å². The number of ketones is 1. The Hall–Kier alpha value is -1.20. The molecule has 2 aromatic heterocycles. The number of rotatable bonds is 4. The smallest absolute Gasteiger partial charge is 0.212 e. The van der Waals surface area contributed by atoms with Crippen LogP contribution in [0.15, 0.2) is 34.2 Å². The molecular weight excluding hydrogens is 302 g/mol. The molecule has 0 saturated carbocycles. The Morgan fingerprint density at radius 3 is 2.82 bits per heavy atom. The van der Waals surface area contributed by atoms with Gasteiger partial charge < -0.3 is 4.74 Å². The first-order chi connectivity index (χ1) is 8.20. The fourth-order valence-electron chi connectivity index (χ4n) is 1.39. The maximum absolute atomic E-state index is 12.0. The average Bonchev–Trinajstić information content (AvgIpc) is 2.76. The first-order valence-corrected chi connectivity index (χ1v) is 6.63. The van der Waals surface area contributed by atoms with Crippen LogP contribution in [-0.4, -0.2) is 17.9 Å². The molecule has 0 aliphatic carbocycles. The predicted molar refractivity (Wildman–Crippen MR) is 70.8 cm³/mol. The van der Waals surface area contributed by atoms with Crippen LogP contribution in [0.3, 0.4) is 0 Å². The van der Waals surface area contributed by atoms with Crippen molar-refractivity contribution >= 4 is 33.0 Å². The summed E-state index contributed by atoms with van der Waals surface area (Å²) >= 11 is 4.80. The van der Waals surface area contributed by atoms with Gasteiger partial charge in [0.25, 0.3) is 0 Å². The second kappa shape index (κ2) is 5.42. The van der Waals surface area contributed by atoms with Gasteiger partial charge in [0.1, 0.15) is 0 Å². The second-order valence-electron chi connectivity index (χ2n) is 3.41. The molecule has 0 fully saturated rings. The fraction of sp³-hybridized carbons (Fsp3) is 0.167. The zero-order valence-electron chi connectivity index (χ0n) is 9.14. The maximum Gasteiger partial charge on any atom is 0.212 e. The fourth-order valence-corrected chi connectivity index (χ4v) is 2.93. The number of halogens is 1. The Kier molecular flexibility index (Phi) is 3.91. The number of nitrogens with zero attached hydrogens (tertiary/aromatic N) is 1. The number of thiophene rings is 1. The molecular formula is C12H10BrNO2S. The molecule has 0 unspecified atom stereocenters. The number of hydrogen-bond donors (Lipinski definition) is 0. The lowest BCUT2D eigenvalue weighted by molar-refractivity contribution is 0.0996. The standard InChI is InChI=1S/C12H10BrNO2S/c1-16-11-3-2-8(7-14-11)6-10(15)12-9(13)4-5-17-12/h2-5,7H,6H2,1H3. The lowest BCUT2D eigenvalue weighted by Crippen LogP contribution is -2.02. The van der Waals surface area contributed by atoms with E-state index in [-0.39, 0.29) is 5.78 Å². The minimum atomic E-state index is 0.0961. The van der Waals surface area contributed by atoms with Crippen molar-refractivity contribution in [2.24, 2.45) is 0 Å². The third kappa shape index (κ3) is 2.92. The zero-order chi connectivity index (χ0) is 12.3. The lowest BCUT2D eigenvalue weighted by Gasteiger charge is -2.01.